The molecule has 1 aliphatic heterocycles. The van der Waals surface area contributed by atoms with Gasteiger partial charge in [0.1, 0.15) is 0 Å². The molecule has 0 N–H and O–H groups in total. The van der Waals surface area contributed by atoms with Crippen LogP contribution in [0.25, 0.3) is 22.3 Å². The summed E-state index contributed by atoms with van der Waals surface area (Å²) in [5, 5.41) is 0. The van der Waals surface area contributed by atoms with E-state index >= 15 is 0 Å². The van der Waals surface area contributed by atoms with E-state index in [9.17, 15) is 0 Å². The first-order valence-corrected chi connectivity index (χ1v) is 25.7. The van der Waals surface area contributed by atoms with Gasteiger partial charge in [0.15, 0.2) is 0 Å². The lowest BCUT2D eigenvalue weighted by Crippen LogP contribution is -2.57. The average molecular weight is 858 g/mol. The molecule has 0 aromatic heterocycles. The van der Waals surface area contributed by atoms with Crippen LogP contribution in [0.2, 0.25) is 0 Å². The van der Waals surface area contributed by atoms with Gasteiger partial charge in [0.05, 0.1) is 0 Å². The van der Waals surface area contributed by atoms with Crippen molar-refractivity contribution >= 4 is 28.8 Å². The Hall–Kier alpha value is -4.53. The van der Waals surface area contributed by atoms with Crippen LogP contribution in [0.15, 0.2) is 137 Å². The first kappa shape index (κ1) is 40.9. The van der Waals surface area contributed by atoms with Crippen LogP contribution in [0.1, 0.15) is 147 Å². The maximum absolute atomic E-state index is 2.67. The van der Waals surface area contributed by atoms with E-state index in [-0.39, 0.29) is 27.1 Å². The van der Waals surface area contributed by atoms with Crippen molar-refractivity contribution in [2.24, 2.45) is 23.7 Å². The molecule has 2 heteroatoms. The number of benzene rings is 6. The molecule has 1 spiro atoms. The quantitative estimate of drug-likeness (QED) is 0.170. The Labute approximate surface area is 388 Å². The van der Waals surface area contributed by atoms with E-state index in [1.165, 1.54) is 129 Å². The molecule has 0 unspecified atom stereocenters. The lowest BCUT2D eigenvalue weighted by molar-refractivity contribution is -0.0443. The zero-order valence-corrected chi connectivity index (χ0v) is 40.5. The third-order valence-corrected chi connectivity index (χ3v) is 19.4. The number of fused-ring (bicyclic) bond motifs is 4. The van der Waals surface area contributed by atoms with Crippen molar-refractivity contribution in [2.45, 2.75) is 150 Å². The minimum Gasteiger partial charge on any atom is -0.310 e. The van der Waals surface area contributed by atoms with Crippen molar-refractivity contribution in [2.75, 3.05) is 4.90 Å². The highest BCUT2D eigenvalue weighted by Gasteiger charge is 2.60. The van der Waals surface area contributed by atoms with Gasteiger partial charge in [-0.1, -0.05) is 146 Å². The number of hydrogen-bond donors (Lipinski definition) is 0. The van der Waals surface area contributed by atoms with Gasteiger partial charge in [-0.15, -0.1) is 0 Å². The van der Waals surface area contributed by atoms with E-state index in [4.69, 9.17) is 0 Å². The predicted octanol–water partition coefficient (Wildman–Crippen LogP) is 17.4. The summed E-state index contributed by atoms with van der Waals surface area (Å²) in [6.45, 7) is 19.6. The highest BCUT2D eigenvalue weighted by molar-refractivity contribution is 7.99. The normalized spacial score (nSPS) is 27.0. The van der Waals surface area contributed by atoms with E-state index in [2.05, 4.69) is 188 Å². The molecule has 7 aliphatic rings. The molecule has 6 aliphatic carbocycles. The van der Waals surface area contributed by atoms with Crippen LogP contribution in [0.3, 0.4) is 0 Å². The molecule has 0 saturated heterocycles. The second kappa shape index (κ2) is 14.2. The fourth-order valence-corrected chi connectivity index (χ4v) is 16.2. The zero-order chi connectivity index (χ0) is 44.0. The minimum atomic E-state index is 0.0833. The fraction of sp³-hybridized carbons (Fsp3) is 0.419. The number of anilines is 3. The highest BCUT2D eigenvalue weighted by Crippen LogP contribution is 2.69. The molecule has 4 fully saturated rings. The second-order valence-electron chi connectivity index (χ2n) is 23.9. The van der Waals surface area contributed by atoms with E-state index in [1.807, 2.05) is 11.8 Å². The Bertz CT molecular complexity index is 2670. The first-order valence-electron chi connectivity index (χ1n) is 24.8. The van der Waals surface area contributed by atoms with E-state index in [1.54, 1.807) is 11.1 Å². The number of hydrogen-bond acceptors (Lipinski definition) is 2. The monoisotopic (exact) mass is 857 g/mol. The smallest absolute Gasteiger partial charge is 0.0465 e. The molecular weight excluding hydrogens is 791 g/mol. The highest BCUT2D eigenvalue weighted by atomic mass is 32.2. The van der Waals surface area contributed by atoms with E-state index < -0.39 is 0 Å². The molecule has 4 saturated carbocycles. The van der Waals surface area contributed by atoms with Crippen molar-refractivity contribution in [3.8, 4) is 22.3 Å². The Morgan fingerprint density at radius 3 is 1.36 bits per heavy atom. The van der Waals surface area contributed by atoms with Crippen molar-refractivity contribution in [3.63, 3.8) is 0 Å². The van der Waals surface area contributed by atoms with Crippen LogP contribution in [0.5, 0.6) is 0 Å². The molecule has 0 radical (unpaired) electrons. The number of rotatable bonds is 5. The summed E-state index contributed by atoms with van der Waals surface area (Å²) in [6, 6.07) is 50.5. The molecule has 326 valence electrons. The van der Waals surface area contributed by atoms with Crippen LogP contribution in [0.4, 0.5) is 17.1 Å². The molecular formula is C62H67NS. The number of nitrogens with zero attached hydrogens (tertiary/aromatic N) is 1. The van der Waals surface area contributed by atoms with Gasteiger partial charge in [-0.25, -0.2) is 0 Å². The van der Waals surface area contributed by atoms with Gasteiger partial charge in [0.25, 0.3) is 0 Å². The molecule has 6 aromatic carbocycles. The van der Waals surface area contributed by atoms with E-state index in [0.29, 0.717) is 11.8 Å². The van der Waals surface area contributed by atoms with Gasteiger partial charge >= 0.3 is 0 Å². The molecule has 4 bridgehead atoms. The molecule has 6 aromatic rings. The Morgan fingerprint density at radius 1 is 0.406 bits per heavy atom. The maximum atomic E-state index is 2.67. The maximum Gasteiger partial charge on any atom is 0.0465 e. The molecule has 0 atom stereocenters. The summed E-state index contributed by atoms with van der Waals surface area (Å²) < 4.78 is 0. The predicted molar refractivity (Wildman–Crippen MR) is 271 cm³/mol. The van der Waals surface area contributed by atoms with Crippen molar-refractivity contribution in [1.82, 2.24) is 0 Å². The third-order valence-electron chi connectivity index (χ3n) is 18.2. The van der Waals surface area contributed by atoms with E-state index in [0.717, 1.165) is 11.8 Å². The second-order valence-corrected chi connectivity index (χ2v) is 25.0. The standard InChI is InChI=1S/C62H67NS/c1-58(2)29-31-60(5,6)56-48(13-11-16-51(56)58)41-19-23-45(24-20-41)63(46-25-21-42(22-26-46)49-14-12-17-52-57(49)61(7,8)32-30-59(52,3)4)47-27-28-55-53(38-47)62(50-15-9-10-18-54(50)64-55)43-34-39-33-40(36-43)37-44(62)35-39/h9-28,38-40,43-44H,29-37H2,1-8H3. The molecule has 13 rings (SSSR count). The Kier molecular flexibility index (Phi) is 9.11. The Morgan fingerprint density at radius 2 is 0.844 bits per heavy atom. The molecule has 0 amide bonds. The summed E-state index contributed by atoms with van der Waals surface area (Å²) in [7, 11) is 0. The van der Waals surface area contributed by atoms with Gasteiger partial charge in [0.2, 0.25) is 0 Å². The van der Waals surface area contributed by atoms with Gasteiger partial charge in [-0.3, -0.25) is 0 Å². The average Bonchev–Trinajstić information content (AvgIpc) is 3.28. The summed E-state index contributed by atoms with van der Waals surface area (Å²) in [6.07, 6.45) is 11.9. The Balaban J connectivity index is 1.01. The van der Waals surface area contributed by atoms with Gasteiger partial charge < -0.3 is 4.90 Å². The SMILES string of the molecule is CC1(C)CCC(C)(C)c2c(-c3ccc(N(c4ccc(-c5cccc6c5C(C)(C)CCC6(C)C)cc4)c4ccc5c(c4)C4(c6ccccc6S5)C5CC6CC(C5)CC4C6)cc3)cccc21. The lowest BCUT2D eigenvalue weighted by Gasteiger charge is -2.63. The summed E-state index contributed by atoms with van der Waals surface area (Å²) in [5.41, 5.74) is 19.1. The first-order chi connectivity index (χ1) is 30.6. The minimum absolute atomic E-state index is 0.0833. The summed E-state index contributed by atoms with van der Waals surface area (Å²) in [5.74, 6) is 3.25. The summed E-state index contributed by atoms with van der Waals surface area (Å²) >= 11 is 2.01. The largest absolute Gasteiger partial charge is 0.310 e. The van der Waals surface area contributed by atoms with Crippen molar-refractivity contribution < 1.29 is 0 Å². The van der Waals surface area contributed by atoms with Crippen LogP contribution >= 0.6 is 11.8 Å². The van der Waals surface area contributed by atoms with Gasteiger partial charge in [0, 0.05) is 32.3 Å². The lowest BCUT2D eigenvalue weighted by atomic mass is 9.42. The van der Waals surface area contributed by atoms with Crippen LogP contribution in [-0.2, 0) is 27.1 Å². The van der Waals surface area contributed by atoms with Gasteiger partial charge in [-0.05, 0) is 207 Å². The van der Waals surface area contributed by atoms with Gasteiger partial charge in [-0.2, -0.15) is 0 Å². The topological polar surface area (TPSA) is 3.24 Å². The molecule has 1 nitrogen and oxygen atoms in total. The third kappa shape index (κ3) is 6.09. The summed E-state index contributed by atoms with van der Waals surface area (Å²) in [4.78, 5) is 5.53. The van der Waals surface area contributed by atoms with Crippen molar-refractivity contribution in [1.29, 1.82) is 0 Å². The zero-order valence-electron chi connectivity index (χ0n) is 39.7. The van der Waals surface area contributed by atoms with Crippen LogP contribution in [0, 0.1) is 23.7 Å². The van der Waals surface area contributed by atoms with Crippen LogP contribution < -0.4 is 4.90 Å². The molecule has 64 heavy (non-hydrogen) atoms. The molecule has 1 heterocycles. The van der Waals surface area contributed by atoms with Crippen molar-refractivity contribution in [3.05, 3.63) is 161 Å². The van der Waals surface area contributed by atoms with Crippen LogP contribution in [-0.4, -0.2) is 0 Å². The fourth-order valence-electron chi connectivity index (χ4n) is 15.0.